The van der Waals surface area contributed by atoms with Crippen LogP contribution in [0.4, 0.5) is 10.1 Å². The third kappa shape index (κ3) is 1.43. The maximum Gasteiger partial charge on any atom is 0.160 e. The van der Waals surface area contributed by atoms with Crippen LogP contribution in [-0.2, 0) is 0 Å². The number of benzene rings is 1. The molecule has 11 heavy (non-hydrogen) atoms. The van der Waals surface area contributed by atoms with Crippen LogP contribution < -0.4 is 5.73 Å². The van der Waals surface area contributed by atoms with Crippen molar-refractivity contribution in [3.8, 4) is 6.07 Å². The quantitative estimate of drug-likeness (QED) is 0.573. The molecule has 0 spiro atoms. The molecule has 1 rings (SSSR count). The predicted molar refractivity (Wildman–Crippen MR) is 48.2 cm³/mol. The highest BCUT2D eigenvalue weighted by Gasteiger charge is 2.07. The molecule has 0 aromatic heterocycles. The van der Waals surface area contributed by atoms with E-state index in [9.17, 15) is 4.39 Å². The van der Waals surface area contributed by atoms with Crippen molar-refractivity contribution in [2.45, 2.75) is 0 Å². The molecule has 1 aromatic rings. The van der Waals surface area contributed by atoms with E-state index in [0.29, 0.717) is 3.57 Å². The lowest BCUT2D eigenvalue weighted by Crippen LogP contribution is -1.96. The summed E-state index contributed by atoms with van der Waals surface area (Å²) in [5, 5.41) is 8.43. The molecule has 2 N–H and O–H groups in total. The highest BCUT2D eigenvalue weighted by molar-refractivity contribution is 14.1. The molecule has 0 bridgehead atoms. The van der Waals surface area contributed by atoms with Gasteiger partial charge in [-0.15, -0.1) is 0 Å². The molecule has 0 aliphatic carbocycles. The number of nitriles is 1. The molecule has 0 aliphatic heterocycles. The third-order valence-corrected chi connectivity index (χ3v) is 2.09. The number of hydrogen-bond acceptors (Lipinski definition) is 2. The van der Waals surface area contributed by atoms with E-state index >= 15 is 0 Å². The fourth-order valence-electron chi connectivity index (χ4n) is 0.664. The van der Waals surface area contributed by atoms with Gasteiger partial charge in [0, 0.05) is 0 Å². The highest BCUT2D eigenvalue weighted by atomic mass is 127. The first-order valence-electron chi connectivity index (χ1n) is 2.80. The van der Waals surface area contributed by atoms with Gasteiger partial charge in [-0.25, -0.2) is 4.39 Å². The number of anilines is 1. The minimum atomic E-state index is -0.510. The number of halogens is 2. The van der Waals surface area contributed by atoms with Gasteiger partial charge < -0.3 is 5.73 Å². The van der Waals surface area contributed by atoms with E-state index in [1.165, 1.54) is 12.1 Å². The summed E-state index contributed by atoms with van der Waals surface area (Å²) in [5.74, 6) is -0.510. The molecule has 0 amide bonds. The van der Waals surface area contributed by atoms with Crippen LogP contribution in [0.3, 0.4) is 0 Å². The van der Waals surface area contributed by atoms with Crippen molar-refractivity contribution < 1.29 is 4.39 Å². The lowest BCUT2D eigenvalue weighted by atomic mass is 10.2. The Morgan fingerprint density at radius 1 is 1.55 bits per heavy atom. The molecule has 0 atom stereocenters. The number of rotatable bonds is 0. The minimum absolute atomic E-state index is 0.0700. The Balaban J connectivity index is 3.40. The lowest BCUT2D eigenvalue weighted by Gasteiger charge is -1.99. The second-order valence-electron chi connectivity index (χ2n) is 1.93. The summed E-state index contributed by atoms with van der Waals surface area (Å²) < 4.78 is 13.3. The molecule has 4 heteroatoms. The normalized spacial score (nSPS) is 9.18. The van der Waals surface area contributed by atoms with Crippen LogP contribution in [0.2, 0.25) is 0 Å². The smallest absolute Gasteiger partial charge is 0.160 e. The van der Waals surface area contributed by atoms with Gasteiger partial charge in [0.2, 0.25) is 0 Å². The minimum Gasteiger partial charge on any atom is -0.395 e. The Bertz CT molecular complexity index is 330. The van der Waals surface area contributed by atoms with Crippen LogP contribution in [0.25, 0.3) is 0 Å². The van der Waals surface area contributed by atoms with E-state index in [2.05, 4.69) is 0 Å². The monoisotopic (exact) mass is 262 g/mol. The average molecular weight is 262 g/mol. The molecular formula is C7H4FIN2. The molecule has 56 valence electrons. The van der Waals surface area contributed by atoms with E-state index < -0.39 is 5.82 Å². The second kappa shape index (κ2) is 3.05. The average Bonchev–Trinajstić information content (AvgIpc) is 2.01. The zero-order valence-corrected chi connectivity index (χ0v) is 7.59. The summed E-state index contributed by atoms with van der Waals surface area (Å²) in [7, 11) is 0. The summed E-state index contributed by atoms with van der Waals surface area (Å²) in [6.07, 6.45) is 0. The van der Waals surface area contributed by atoms with Crippen LogP contribution in [0, 0.1) is 20.7 Å². The van der Waals surface area contributed by atoms with Crippen molar-refractivity contribution in [2.24, 2.45) is 0 Å². The maximum atomic E-state index is 12.9. The standard InChI is InChI=1S/C7H4FIN2/c8-6-5(9)2-1-4(3-10)7(6)11/h1-2H,11H2. The zero-order chi connectivity index (χ0) is 8.43. The predicted octanol–water partition coefficient (Wildman–Crippen LogP) is 1.88. The van der Waals surface area contributed by atoms with Gasteiger partial charge in [-0.3, -0.25) is 0 Å². The molecular weight excluding hydrogens is 258 g/mol. The Labute approximate surface area is 77.0 Å². The zero-order valence-electron chi connectivity index (χ0n) is 5.44. The summed E-state index contributed by atoms with van der Waals surface area (Å²) in [4.78, 5) is 0. The van der Waals surface area contributed by atoms with Gasteiger partial charge in [0.05, 0.1) is 14.8 Å². The van der Waals surface area contributed by atoms with Gasteiger partial charge >= 0.3 is 0 Å². The van der Waals surface area contributed by atoms with Gasteiger partial charge in [-0.2, -0.15) is 5.26 Å². The van der Waals surface area contributed by atoms with Crippen LogP contribution >= 0.6 is 22.6 Å². The van der Waals surface area contributed by atoms with E-state index in [1.54, 1.807) is 6.07 Å². The van der Waals surface area contributed by atoms with E-state index in [4.69, 9.17) is 11.0 Å². The van der Waals surface area contributed by atoms with Crippen LogP contribution in [0.15, 0.2) is 12.1 Å². The van der Waals surface area contributed by atoms with Crippen molar-refractivity contribution in [1.82, 2.24) is 0 Å². The van der Waals surface area contributed by atoms with Crippen molar-refractivity contribution in [1.29, 1.82) is 5.26 Å². The Morgan fingerprint density at radius 2 is 2.18 bits per heavy atom. The van der Waals surface area contributed by atoms with E-state index in [-0.39, 0.29) is 11.3 Å². The van der Waals surface area contributed by atoms with Gasteiger partial charge in [-0.1, -0.05) is 0 Å². The van der Waals surface area contributed by atoms with Gasteiger partial charge in [0.1, 0.15) is 6.07 Å². The second-order valence-corrected chi connectivity index (χ2v) is 3.10. The van der Waals surface area contributed by atoms with Crippen molar-refractivity contribution in [3.05, 3.63) is 27.1 Å². The van der Waals surface area contributed by atoms with Crippen molar-refractivity contribution >= 4 is 28.3 Å². The summed E-state index contributed by atoms with van der Waals surface area (Å²) in [6, 6.07) is 4.81. The van der Waals surface area contributed by atoms with Crippen molar-refractivity contribution in [3.63, 3.8) is 0 Å². The Hall–Kier alpha value is -0.830. The lowest BCUT2D eigenvalue weighted by molar-refractivity contribution is 0.624. The Morgan fingerprint density at radius 3 is 2.73 bits per heavy atom. The summed E-state index contributed by atoms with van der Waals surface area (Å²) >= 11 is 1.82. The first-order valence-corrected chi connectivity index (χ1v) is 3.88. The maximum absolute atomic E-state index is 12.9. The molecule has 0 unspecified atom stereocenters. The molecule has 0 saturated heterocycles. The fraction of sp³-hybridized carbons (Fsp3) is 0. The molecule has 0 saturated carbocycles. The first kappa shape index (κ1) is 8.27. The number of nitrogens with zero attached hydrogens (tertiary/aromatic N) is 1. The molecule has 0 heterocycles. The van der Waals surface area contributed by atoms with Gasteiger partial charge in [0.25, 0.3) is 0 Å². The van der Waals surface area contributed by atoms with Gasteiger partial charge in [0.15, 0.2) is 5.82 Å². The van der Waals surface area contributed by atoms with Crippen LogP contribution in [0.5, 0.6) is 0 Å². The Kier molecular flexibility index (Phi) is 2.29. The SMILES string of the molecule is N#Cc1ccc(I)c(F)c1N. The highest BCUT2D eigenvalue weighted by Crippen LogP contribution is 2.20. The topological polar surface area (TPSA) is 49.8 Å². The number of nitrogens with two attached hydrogens (primary N) is 1. The third-order valence-electron chi connectivity index (χ3n) is 1.25. The molecule has 0 radical (unpaired) electrons. The molecule has 1 aromatic carbocycles. The van der Waals surface area contributed by atoms with E-state index in [0.717, 1.165) is 0 Å². The first-order chi connectivity index (χ1) is 5.16. The summed E-state index contributed by atoms with van der Waals surface area (Å²) in [5.41, 5.74) is 5.40. The molecule has 2 nitrogen and oxygen atoms in total. The van der Waals surface area contributed by atoms with E-state index in [1.807, 2.05) is 22.6 Å². The largest absolute Gasteiger partial charge is 0.395 e. The number of nitrogen functional groups attached to an aromatic ring is 1. The fourth-order valence-corrected chi connectivity index (χ4v) is 1.13. The number of hydrogen-bond donors (Lipinski definition) is 1. The van der Waals surface area contributed by atoms with Crippen LogP contribution in [-0.4, -0.2) is 0 Å². The summed E-state index contributed by atoms with van der Waals surface area (Å²) in [6.45, 7) is 0. The molecule has 0 aliphatic rings. The van der Waals surface area contributed by atoms with Crippen LogP contribution in [0.1, 0.15) is 5.56 Å². The van der Waals surface area contributed by atoms with Crippen molar-refractivity contribution in [2.75, 3.05) is 5.73 Å². The molecule has 0 fully saturated rings. The van der Waals surface area contributed by atoms with Gasteiger partial charge in [-0.05, 0) is 34.7 Å².